The van der Waals surface area contributed by atoms with Crippen LogP contribution in [0.25, 0.3) is 0 Å². The van der Waals surface area contributed by atoms with E-state index in [4.69, 9.17) is 5.73 Å². The Morgan fingerprint density at radius 1 is 0.880 bits per heavy atom. The second kappa shape index (κ2) is 11.5. The van der Waals surface area contributed by atoms with Crippen LogP contribution in [0.15, 0.2) is 60.7 Å². The van der Waals surface area contributed by atoms with Crippen LogP contribution in [0.5, 0.6) is 0 Å². The molecule has 0 aliphatic heterocycles. The van der Waals surface area contributed by atoms with Crippen molar-refractivity contribution in [1.29, 1.82) is 0 Å². The van der Waals surface area contributed by atoms with E-state index >= 15 is 0 Å². The first-order valence-electron chi connectivity index (χ1n) is 8.92. The van der Waals surface area contributed by atoms with Crippen molar-refractivity contribution in [1.82, 2.24) is 5.32 Å². The molecule has 138 valence electrons. The van der Waals surface area contributed by atoms with Crippen molar-refractivity contribution >= 4 is 24.8 Å². The third kappa shape index (κ3) is 6.00. The molecule has 2 atom stereocenters. The Bertz CT molecular complexity index is 537. The van der Waals surface area contributed by atoms with Crippen LogP contribution in [0, 0.1) is 5.92 Å². The lowest BCUT2D eigenvalue weighted by Gasteiger charge is -2.23. The number of benzene rings is 2. The Labute approximate surface area is 164 Å². The van der Waals surface area contributed by atoms with Crippen molar-refractivity contribution in [3.8, 4) is 0 Å². The molecule has 1 fully saturated rings. The first kappa shape index (κ1) is 22.0. The Morgan fingerprint density at radius 2 is 1.44 bits per heavy atom. The molecule has 2 unspecified atom stereocenters. The van der Waals surface area contributed by atoms with Crippen LogP contribution in [0.3, 0.4) is 0 Å². The summed E-state index contributed by atoms with van der Waals surface area (Å²) in [7, 11) is 0. The molecule has 0 radical (unpaired) electrons. The zero-order valence-electron chi connectivity index (χ0n) is 14.6. The van der Waals surface area contributed by atoms with E-state index in [0.717, 1.165) is 19.5 Å². The lowest BCUT2D eigenvalue weighted by molar-refractivity contribution is 0.402. The highest BCUT2D eigenvalue weighted by molar-refractivity contribution is 5.85. The minimum absolute atomic E-state index is 0. The summed E-state index contributed by atoms with van der Waals surface area (Å²) in [6, 6.07) is 22.3. The summed E-state index contributed by atoms with van der Waals surface area (Å²) < 4.78 is 0. The second-order valence-electron chi connectivity index (χ2n) is 6.65. The van der Waals surface area contributed by atoms with Gasteiger partial charge in [-0.25, -0.2) is 0 Å². The molecule has 0 bridgehead atoms. The first-order chi connectivity index (χ1) is 11.4. The third-order valence-corrected chi connectivity index (χ3v) is 5.21. The van der Waals surface area contributed by atoms with E-state index in [9.17, 15) is 0 Å². The van der Waals surface area contributed by atoms with Crippen LogP contribution >= 0.6 is 24.8 Å². The van der Waals surface area contributed by atoms with Crippen LogP contribution in [0.4, 0.5) is 0 Å². The lowest BCUT2D eigenvalue weighted by atomic mass is 9.88. The van der Waals surface area contributed by atoms with Gasteiger partial charge in [-0.05, 0) is 49.4 Å². The van der Waals surface area contributed by atoms with Gasteiger partial charge < -0.3 is 11.1 Å². The summed E-state index contributed by atoms with van der Waals surface area (Å²) in [5, 5.41) is 3.77. The van der Waals surface area contributed by atoms with Crippen LogP contribution in [-0.2, 0) is 0 Å². The van der Waals surface area contributed by atoms with Crippen LogP contribution in [0.2, 0.25) is 0 Å². The molecular formula is C21H30Cl2N2. The Balaban J connectivity index is 0.00000156. The largest absolute Gasteiger partial charge is 0.330 e. The normalized spacial score (nSPS) is 19.3. The third-order valence-electron chi connectivity index (χ3n) is 5.21. The smallest absolute Gasteiger partial charge is 0.0107 e. The molecule has 25 heavy (non-hydrogen) atoms. The molecule has 0 aromatic heterocycles. The standard InChI is InChI=1S/C21H28N2.2ClH/c22-16-19-12-7-13-21(19)23-15-14-20(17-8-3-1-4-9-17)18-10-5-2-6-11-18;;/h1-6,8-11,19-21,23H,7,12-16,22H2;2*1H. The predicted molar refractivity (Wildman–Crippen MR) is 112 cm³/mol. The van der Waals surface area contributed by atoms with E-state index in [1.807, 2.05) is 0 Å². The van der Waals surface area contributed by atoms with Crippen molar-refractivity contribution < 1.29 is 0 Å². The number of nitrogens with one attached hydrogen (secondary N) is 1. The minimum Gasteiger partial charge on any atom is -0.330 e. The molecule has 3 rings (SSSR count). The molecule has 1 aliphatic carbocycles. The molecule has 3 N–H and O–H groups in total. The van der Waals surface area contributed by atoms with Crippen LogP contribution < -0.4 is 11.1 Å². The van der Waals surface area contributed by atoms with Crippen molar-refractivity contribution in [3.63, 3.8) is 0 Å². The fourth-order valence-electron chi connectivity index (χ4n) is 3.90. The lowest BCUT2D eigenvalue weighted by Crippen LogP contribution is -2.36. The SMILES string of the molecule is Cl.Cl.NCC1CCCC1NCCC(c1ccccc1)c1ccccc1. The van der Waals surface area contributed by atoms with Gasteiger partial charge in [-0.2, -0.15) is 0 Å². The van der Waals surface area contributed by atoms with E-state index in [1.165, 1.54) is 30.4 Å². The maximum Gasteiger partial charge on any atom is 0.0107 e. The Kier molecular flexibility index (Phi) is 10.1. The average Bonchev–Trinajstić information content (AvgIpc) is 3.08. The predicted octanol–water partition coefficient (Wildman–Crippen LogP) is 4.77. The number of rotatable bonds is 7. The van der Waals surface area contributed by atoms with E-state index < -0.39 is 0 Å². The topological polar surface area (TPSA) is 38.0 Å². The number of halogens is 2. The highest BCUT2D eigenvalue weighted by atomic mass is 35.5. The van der Waals surface area contributed by atoms with Crippen molar-refractivity contribution in [2.45, 2.75) is 37.6 Å². The van der Waals surface area contributed by atoms with Gasteiger partial charge in [0.2, 0.25) is 0 Å². The second-order valence-corrected chi connectivity index (χ2v) is 6.65. The van der Waals surface area contributed by atoms with Gasteiger partial charge in [-0.1, -0.05) is 67.1 Å². The monoisotopic (exact) mass is 380 g/mol. The van der Waals surface area contributed by atoms with Gasteiger partial charge in [-0.3, -0.25) is 0 Å². The maximum absolute atomic E-state index is 5.90. The number of nitrogens with two attached hydrogens (primary N) is 1. The van der Waals surface area contributed by atoms with E-state index in [0.29, 0.717) is 17.9 Å². The highest BCUT2D eigenvalue weighted by Gasteiger charge is 2.25. The van der Waals surface area contributed by atoms with Crippen LogP contribution in [-0.4, -0.2) is 19.1 Å². The molecule has 0 spiro atoms. The number of hydrogen-bond acceptors (Lipinski definition) is 2. The molecule has 1 saturated carbocycles. The van der Waals surface area contributed by atoms with Gasteiger partial charge in [0.25, 0.3) is 0 Å². The van der Waals surface area contributed by atoms with Gasteiger partial charge in [-0.15, -0.1) is 24.8 Å². The zero-order valence-corrected chi connectivity index (χ0v) is 16.3. The molecule has 2 aromatic rings. The molecule has 0 heterocycles. The molecule has 4 heteroatoms. The zero-order chi connectivity index (χ0) is 15.9. The molecule has 2 aromatic carbocycles. The quantitative estimate of drug-likeness (QED) is 0.725. The maximum atomic E-state index is 5.90. The molecule has 0 amide bonds. The summed E-state index contributed by atoms with van der Waals surface area (Å²) in [4.78, 5) is 0. The van der Waals surface area contributed by atoms with E-state index in [-0.39, 0.29) is 24.8 Å². The first-order valence-corrected chi connectivity index (χ1v) is 8.92. The highest BCUT2D eigenvalue weighted by Crippen LogP contribution is 2.28. The van der Waals surface area contributed by atoms with Gasteiger partial charge >= 0.3 is 0 Å². The van der Waals surface area contributed by atoms with Gasteiger partial charge in [0, 0.05) is 12.0 Å². The molecule has 2 nitrogen and oxygen atoms in total. The number of hydrogen-bond donors (Lipinski definition) is 2. The van der Waals surface area contributed by atoms with Gasteiger partial charge in [0.1, 0.15) is 0 Å². The molecule has 1 aliphatic rings. The van der Waals surface area contributed by atoms with Crippen LogP contribution in [0.1, 0.15) is 42.7 Å². The Morgan fingerprint density at radius 3 is 1.96 bits per heavy atom. The van der Waals surface area contributed by atoms with E-state index in [2.05, 4.69) is 66.0 Å². The fraction of sp³-hybridized carbons (Fsp3) is 0.429. The summed E-state index contributed by atoms with van der Waals surface area (Å²) >= 11 is 0. The van der Waals surface area contributed by atoms with Gasteiger partial charge in [0.05, 0.1) is 0 Å². The Hall–Kier alpha value is -1.06. The average molecular weight is 381 g/mol. The summed E-state index contributed by atoms with van der Waals surface area (Å²) in [5.74, 6) is 1.13. The van der Waals surface area contributed by atoms with E-state index in [1.54, 1.807) is 0 Å². The van der Waals surface area contributed by atoms with Gasteiger partial charge in [0.15, 0.2) is 0 Å². The molecular weight excluding hydrogens is 351 g/mol. The molecule has 0 saturated heterocycles. The summed E-state index contributed by atoms with van der Waals surface area (Å²) in [6.45, 7) is 1.87. The summed E-state index contributed by atoms with van der Waals surface area (Å²) in [5.41, 5.74) is 8.71. The van der Waals surface area contributed by atoms with Crippen molar-refractivity contribution in [2.24, 2.45) is 11.7 Å². The van der Waals surface area contributed by atoms with Crippen molar-refractivity contribution in [2.75, 3.05) is 13.1 Å². The minimum atomic E-state index is 0. The fourth-order valence-corrected chi connectivity index (χ4v) is 3.90. The summed E-state index contributed by atoms with van der Waals surface area (Å²) in [6.07, 6.45) is 5.01. The van der Waals surface area contributed by atoms with Crippen molar-refractivity contribution in [3.05, 3.63) is 71.8 Å².